The van der Waals surface area contributed by atoms with Crippen LogP contribution in [-0.4, -0.2) is 39.7 Å². The summed E-state index contributed by atoms with van der Waals surface area (Å²) in [5.74, 6) is 0.942. The average Bonchev–Trinajstić information content (AvgIpc) is 2.88. The Morgan fingerprint density at radius 2 is 2.53 bits per heavy atom. The first-order valence-corrected chi connectivity index (χ1v) is 5.35. The summed E-state index contributed by atoms with van der Waals surface area (Å²) < 4.78 is 7.23. The number of hydrogen-bond acceptors (Lipinski definition) is 4. The zero-order chi connectivity index (χ0) is 10.7. The summed E-state index contributed by atoms with van der Waals surface area (Å²) in [6.45, 7) is 4.37. The summed E-state index contributed by atoms with van der Waals surface area (Å²) in [5, 5.41) is 13.6. The quantitative estimate of drug-likeness (QED) is 0.775. The molecule has 0 bridgehead atoms. The minimum atomic E-state index is -0.139. The van der Waals surface area contributed by atoms with E-state index in [9.17, 15) is 5.11 Å². The minimum absolute atomic E-state index is 0.139. The number of rotatable bonds is 4. The van der Waals surface area contributed by atoms with Crippen molar-refractivity contribution in [1.29, 1.82) is 0 Å². The average molecular weight is 211 g/mol. The lowest BCUT2D eigenvalue weighted by atomic mass is 9.84. The molecule has 84 valence electrons. The van der Waals surface area contributed by atoms with Crippen molar-refractivity contribution >= 4 is 0 Å². The zero-order valence-corrected chi connectivity index (χ0v) is 9.02. The molecule has 1 atom stereocenters. The van der Waals surface area contributed by atoms with Crippen LogP contribution in [0.25, 0.3) is 0 Å². The lowest BCUT2D eigenvalue weighted by molar-refractivity contribution is 0.0910. The van der Waals surface area contributed by atoms with Crippen LogP contribution in [0.4, 0.5) is 0 Å². The summed E-state index contributed by atoms with van der Waals surface area (Å²) in [7, 11) is 0. The Bertz CT molecular complexity index is 318. The van der Waals surface area contributed by atoms with Crippen LogP contribution in [0, 0.1) is 5.41 Å². The van der Waals surface area contributed by atoms with Gasteiger partial charge in [-0.2, -0.15) is 5.10 Å². The van der Waals surface area contributed by atoms with Gasteiger partial charge in [0, 0.05) is 25.0 Å². The van der Waals surface area contributed by atoms with Crippen molar-refractivity contribution in [2.75, 3.05) is 19.8 Å². The molecule has 1 fully saturated rings. The Kier molecular flexibility index (Phi) is 3.02. The maximum Gasteiger partial charge on any atom is 0.138 e. The van der Waals surface area contributed by atoms with E-state index >= 15 is 0 Å². The second-order valence-electron chi connectivity index (χ2n) is 4.13. The molecule has 2 heterocycles. The van der Waals surface area contributed by atoms with Crippen LogP contribution >= 0.6 is 0 Å². The number of hydrogen-bond donors (Lipinski definition) is 1. The molecular weight excluding hydrogens is 194 g/mol. The molecule has 2 rings (SSSR count). The molecular formula is C10H17N3O2. The SMILES string of the molecule is CCn1ncnc1CC1(CO)CCOC1. The third-order valence-electron chi connectivity index (χ3n) is 3.05. The van der Waals surface area contributed by atoms with E-state index in [2.05, 4.69) is 10.1 Å². The maximum absolute atomic E-state index is 9.44. The fourth-order valence-electron chi connectivity index (χ4n) is 1.99. The molecule has 0 saturated carbocycles. The lowest BCUT2D eigenvalue weighted by Crippen LogP contribution is -2.30. The topological polar surface area (TPSA) is 60.2 Å². The summed E-state index contributed by atoms with van der Waals surface area (Å²) in [4.78, 5) is 4.23. The molecule has 1 unspecified atom stereocenters. The van der Waals surface area contributed by atoms with Crippen molar-refractivity contribution in [2.45, 2.75) is 26.3 Å². The smallest absolute Gasteiger partial charge is 0.138 e. The van der Waals surface area contributed by atoms with Crippen LogP contribution in [0.1, 0.15) is 19.2 Å². The van der Waals surface area contributed by atoms with Gasteiger partial charge in [-0.3, -0.25) is 4.68 Å². The van der Waals surface area contributed by atoms with E-state index in [1.165, 1.54) is 0 Å². The van der Waals surface area contributed by atoms with Crippen LogP contribution in [0.2, 0.25) is 0 Å². The molecule has 5 heteroatoms. The molecule has 1 aliphatic rings. The largest absolute Gasteiger partial charge is 0.396 e. The second-order valence-corrected chi connectivity index (χ2v) is 4.13. The highest BCUT2D eigenvalue weighted by molar-refractivity contribution is 4.95. The Labute approximate surface area is 89.1 Å². The number of ether oxygens (including phenoxy) is 1. The lowest BCUT2D eigenvalue weighted by Gasteiger charge is -2.23. The summed E-state index contributed by atoms with van der Waals surface area (Å²) >= 11 is 0. The van der Waals surface area contributed by atoms with Gasteiger partial charge in [-0.25, -0.2) is 4.98 Å². The molecule has 15 heavy (non-hydrogen) atoms. The van der Waals surface area contributed by atoms with E-state index < -0.39 is 0 Å². The predicted molar refractivity (Wildman–Crippen MR) is 54.4 cm³/mol. The number of aryl methyl sites for hydroxylation is 1. The molecule has 1 aromatic rings. The number of aliphatic hydroxyl groups is 1. The van der Waals surface area contributed by atoms with Gasteiger partial charge in [0.2, 0.25) is 0 Å². The van der Waals surface area contributed by atoms with Crippen LogP contribution in [0.3, 0.4) is 0 Å². The normalized spacial score (nSPS) is 26.0. The number of aliphatic hydroxyl groups excluding tert-OH is 1. The van der Waals surface area contributed by atoms with Gasteiger partial charge in [-0.15, -0.1) is 0 Å². The van der Waals surface area contributed by atoms with Gasteiger partial charge in [-0.05, 0) is 13.3 Å². The van der Waals surface area contributed by atoms with Gasteiger partial charge < -0.3 is 9.84 Å². The van der Waals surface area contributed by atoms with Crippen LogP contribution in [-0.2, 0) is 17.7 Å². The fraction of sp³-hybridized carbons (Fsp3) is 0.800. The monoisotopic (exact) mass is 211 g/mol. The van der Waals surface area contributed by atoms with E-state index in [4.69, 9.17) is 4.74 Å². The Morgan fingerprint density at radius 1 is 1.67 bits per heavy atom. The van der Waals surface area contributed by atoms with Crippen LogP contribution in [0.5, 0.6) is 0 Å². The van der Waals surface area contributed by atoms with Crippen molar-refractivity contribution in [3.63, 3.8) is 0 Å². The molecule has 0 spiro atoms. The summed E-state index contributed by atoms with van der Waals surface area (Å²) in [6, 6.07) is 0. The molecule has 1 N–H and O–H groups in total. The Balaban J connectivity index is 2.12. The highest BCUT2D eigenvalue weighted by Crippen LogP contribution is 2.31. The number of nitrogens with zero attached hydrogens (tertiary/aromatic N) is 3. The van der Waals surface area contributed by atoms with Gasteiger partial charge in [-0.1, -0.05) is 0 Å². The summed E-state index contributed by atoms with van der Waals surface area (Å²) in [5.41, 5.74) is -0.139. The van der Waals surface area contributed by atoms with Gasteiger partial charge in [0.05, 0.1) is 13.2 Å². The molecule has 0 amide bonds. The predicted octanol–water partition coefficient (Wildman–Crippen LogP) is 0.239. The maximum atomic E-state index is 9.44. The summed E-state index contributed by atoms with van der Waals surface area (Å²) in [6.07, 6.45) is 3.22. The third kappa shape index (κ3) is 2.03. The van der Waals surface area contributed by atoms with Crippen LogP contribution < -0.4 is 0 Å². The molecule has 1 saturated heterocycles. The first-order chi connectivity index (χ1) is 7.29. The van der Waals surface area contributed by atoms with Gasteiger partial charge >= 0.3 is 0 Å². The van der Waals surface area contributed by atoms with E-state index in [1.807, 2.05) is 11.6 Å². The molecule has 1 aromatic heterocycles. The van der Waals surface area contributed by atoms with E-state index in [0.29, 0.717) is 6.61 Å². The molecule has 0 radical (unpaired) electrons. The fourth-order valence-corrected chi connectivity index (χ4v) is 1.99. The molecule has 5 nitrogen and oxygen atoms in total. The first kappa shape index (κ1) is 10.6. The van der Waals surface area contributed by atoms with Crippen LogP contribution in [0.15, 0.2) is 6.33 Å². The van der Waals surface area contributed by atoms with Gasteiger partial charge in [0.15, 0.2) is 0 Å². The van der Waals surface area contributed by atoms with Crippen molar-refractivity contribution < 1.29 is 9.84 Å². The molecule has 1 aliphatic heterocycles. The highest BCUT2D eigenvalue weighted by Gasteiger charge is 2.35. The number of aromatic nitrogens is 3. The Morgan fingerprint density at radius 3 is 3.13 bits per heavy atom. The molecule has 0 aromatic carbocycles. The van der Waals surface area contributed by atoms with Crippen molar-refractivity contribution in [3.8, 4) is 0 Å². The zero-order valence-electron chi connectivity index (χ0n) is 9.02. The second kappa shape index (κ2) is 4.28. The van der Waals surface area contributed by atoms with Gasteiger partial charge in [0.25, 0.3) is 0 Å². The van der Waals surface area contributed by atoms with E-state index in [-0.39, 0.29) is 12.0 Å². The van der Waals surface area contributed by atoms with Crippen molar-refractivity contribution in [3.05, 3.63) is 12.2 Å². The standard InChI is InChI=1S/C10H17N3O2/c1-2-13-9(11-8-12-13)5-10(6-14)3-4-15-7-10/h8,14H,2-7H2,1H3. The highest BCUT2D eigenvalue weighted by atomic mass is 16.5. The Hall–Kier alpha value is -0.940. The van der Waals surface area contributed by atoms with Crippen molar-refractivity contribution in [1.82, 2.24) is 14.8 Å². The minimum Gasteiger partial charge on any atom is -0.396 e. The first-order valence-electron chi connectivity index (χ1n) is 5.35. The van der Waals surface area contributed by atoms with E-state index in [0.717, 1.165) is 31.8 Å². The van der Waals surface area contributed by atoms with Crippen molar-refractivity contribution in [2.24, 2.45) is 5.41 Å². The van der Waals surface area contributed by atoms with Gasteiger partial charge in [0.1, 0.15) is 12.2 Å². The molecule has 0 aliphatic carbocycles. The van der Waals surface area contributed by atoms with E-state index in [1.54, 1.807) is 6.33 Å². The third-order valence-corrected chi connectivity index (χ3v) is 3.05.